The number of nitrogens with zero attached hydrogens (tertiary/aromatic N) is 1. The zero-order valence-corrected chi connectivity index (χ0v) is 10.4. The summed E-state index contributed by atoms with van der Waals surface area (Å²) in [5, 5.41) is 0. The Balaban J connectivity index is 2.13. The molecule has 1 aromatic carbocycles. The van der Waals surface area contributed by atoms with Crippen LogP contribution in [0.2, 0.25) is 0 Å². The second kappa shape index (κ2) is 4.88. The molecule has 1 aliphatic rings. The van der Waals surface area contributed by atoms with Gasteiger partial charge in [0.15, 0.2) is 0 Å². The van der Waals surface area contributed by atoms with Gasteiger partial charge in [0.25, 0.3) is 0 Å². The van der Waals surface area contributed by atoms with Gasteiger partial charge < -0.3 is 10.6 Å². The van der Waals surface area contributed by atoms with Crippen LogP contribution in [0.5, 0.6) is 0 Å². The Morgan fingerprint density at radius 1 is 1.44 bits per heavy atom. The van der Waals surface area contributed by atoms with Crippen LogP contribution in [0.15, 0.2) is 18.2 Å². The van der Waals surface area contributed by atoms with Crippen molar-refractivity contribution in [1.29, 1.82) is 0 Å². The van der Waals surface area contributed by atoms with Crippen LogP contribution in [0.3, 0.4) is 0 Å². The van der Waals surface area contributed by atoms with Gasteiger partial charge >= 0.3 is 0 Å². The standard InChI is InChI=1S/C14H22N2/c1-3-12-6-7-16(10-12)14-5-4-13(9-15)11(2)8-14/h4-5,8,12H,3,6-7,9-10,15H2,1-2H3. The Morgan fingerprint density at radius 2 is 2.25 bits per heavy atom. The second-order valence-electron chi connectivity index (χ2n) is 4.82. The Kier molecular flexibility index (Phi) is 3.49. The topological polar surface area (TPSA) is 29.3 Å². The summed E-state index contributed by atoms with van der Waals surface area (Å²) in [6.45, 7) is 7.51. The molecule has 1 aromatic rings. The van der Waals surface area contributed by atoms with Crippen LogP contribution in [0.25, 0.3) is 0 Å². The van der Waals surface area contributed by atoms with Crippen LogP contribution in [-0.2, 0) is 6.54 Å². The van der Waals surface area contributed by atoms with E-state index in [9.17, 15) is 0 Å². The summed E-state index contributed by atoms with van der Waals surface area (Å²) in [5.41, 5.74) is 9.63. The maximum absolute atomic E-state index is 5.68. The van der Waals surface area contributed by atoms with E-state index in [1.54, 1.807) is 0 Å². The molecule has 1 unspecified atom stereocenters. The van der Waals surface area contributed by atoms with Gasteiger partial charge in [0, 0.05) is 25.3 Å². The summed E-state index contributed by atoms with van der Waals surface area (Å²) in [7, 11) is 0. The first kappa shape index (κ1) is 11.5. The molecule has 0 aliphatic carbocycles. The minimum atomic E-state index is 0.643. The quantitative estimate of drug-likeness (QED) is 0.845. The van der Waals surface area contributed by atoms with Crippen molar-refractivity contribution in [2.24, 2.45) is 11.7 Å². The molecule has 1 heterocycles. The highest BCUT2D eigenvalue weighted by Gasteiger charge is 2.21. The van der Waals surface area contributed by atoms with E-state index in [1.165, 1.54) is 42.7 Å². The Labute approximate surface area is 98.4 Å². The zero-order chi connectivity index (χ0) is 11.5. The SMILES string of the molecule is CCC1CCN(c2ccc(CN)c(C)c2)C1. The normalized spacial score (nSPS) is 20.4. The molecule has 2 nitrogen and oxygen atoms in total. The van der Waals surface area contributed by atoms with Crippen molar-refractivity contribution in [2.75, 3.05) is 18.0 Å². The van der Waals surface area contributed by atoms with E-state index in [0.29, 0.717) is 6.54 Å². The van der Waals surface area contributed by atoms with E-state index < -0.39 is 0 Å². The maximum Gasteiger partial charge on any atom is 0.0369 e. The summed E-state index contributed by atoms with van der Waals surface area (Å²) in [5.74, 6) is 0.884. The first-order valence-corrected chi connectivity index (χ1v) is 6.29. The molecule has 0 saturated carbocycles. The number of anilines is 1. The van der Waals surface area contributed by atoms with E-state index in [4.69, 9.17) is 5.73 Å². The monoisotopic (exact) mass is 218 g/mol. The number of rotatable bonds is 3. The van der Waals surface area contributed by atoms with Crippen LogP contribution in [0.4, 0.5) is 5.69 Å². The average molecular weight is 218 g/mol. The van der Waals surface area contributed by atoms with Gasteiger partial charge in [-0.2, -0.15) is 0 Å². The Morgan fingerprint density at radius 3 is 2.81 bits per heavy atom. The lowest BCUT2D eigenvalue weighted by atomic mass is 10.1. The Bertz CT molecular complexity index is 360. The van der Waals surface area contributed by atoms with Crippen LogP contribution in [0.1, 0.15) is 30.9 Å². The minimum absolute atomic E-state index is 0.643. The predicted octanol–water partition coefficient (Wildman–Crippen LogP) is 2.69. The van der Waals surface area contributed by atoms with Gasteiger partial charge in [-0.25, -0.2) is 0 Å². The van der Waals surface area contributed by atoms with Gasteiger partial charge in [-0.3, -0.25) is 0 Å². The van der Waals surface area contributed by atoms with Crippen molar-refractivity contribution in [3.05, 3.63) is 29.3 Å². The van der Waals surface area contributed by atoms with Crippen molar-refractivity contribution in [3.8, 4) is 0 Å². The van der Waals surface area contributed by atoms with Crippen LogP contribution >= 0.6 is 0 Å². The summed E-state index contributed by atoms with van der Waals surface area (Å²) in [6, 6.07) is 6.66. The van der Waals surface area contributed by atoms with Gasteiger partial charge in [-0.05, 0) is 42.5 Å². The molecule has 0 bridgehead atoms. The molecule has 1 saturated heterocycles. The zero-order valence-electron chi connectivity index (χ0n) is 10.4. The third kappa shape index (κ3) is 2.22. The fourth-order valence-electron chi connectivity index (χ4n) is 2.51. The van der Waals surface area contributed by atoms with Crippen LogP contribution in [-0.4, -0.2) is 13.1 Å². The molecular formula is C14H22N2. The van der Waals surface area contributed by atoms with E-state index in [0.717, 1.165) is 5.92 Å². The summed E-state index contributed by atoms with van der Waals surface area (Å²) < 4.78 is 0. The molecule has 2 heteroatoms. The Hall–Kier alpha value is -1.02. The highest BCUT2D eigenvalue weighted by molar-refractivity contribution is 5.51. The molecule has 0 spiro atoms. The van der Waals surface area contributed by atoms with E-state index >= 15 is 0 Å². The summed E-state index contributed by atoms with van der Waals surface area (Å²) in [4.78, 5) is 2.50. The molecule has 1 aliphatic heterocycles. The van der Waals surface area contributed by atoms with Crippen LogP contribution in [0, 0.1) is 12.8 Å². The lowest BCUT2D eigenvalue weighted by molar-refractivity contribution is 0.569. The van der Waals surface area contributed by atoms with Crippen molar-refractivity contribution < 1.29 is 0 Å². The number of hydrogen-bond donors (Lipinski definition) is 1. The molecule has 1 atom stereocenters. The fraction of sp³-hybridized carbons (Fsp3) is 0.571. The first-order chi connectivity index (χ1) is 7.74. The van der Waals surface area contributed by atoms with Crippen molar-refractivity contribution >= 4 is 5.69 Å². The number of aryl methyl sites for hydroxylation is 1. The third-order valence-electron chi connectivity index (χ3n) is 3.77. The van der Waals surface area contributed by atoms with Crippen molar-refractivity contribution in [1.82, 2.24) is 0 Å². The first-order valence-electron chi connectivity index (χ1n) is 6.29. The molecule has 0 radical (unpaired) electrons. The summed E-state index contributed by atoms with van der Waals surface area (Å²) in [6.07, 6.45) is 2.64. The molecule has 2 rings (SSSR count). The molecule has 16 heavy (non-hydrogen) atoms. The molecule has 0 amide bonds. The number of nitrogens with two attached hydrogens (primary N) is 1. The highest BCUT2D eigenvalue weighted by Crippen LogP contribution is 2.26. The average Bonchev–Trinajstić information content (AvgIpc) is 2.77. The number of hydrogen-bond acceptors (Lipinski definition) is 2. The molecule has 1 fully saturated rings. The van der Waals surface area contributed by atoms with E-state index in [2.05, 4.69) is 36.9 Å². The van der Waals surface area contributed by atoms with Gasteiger partial charge in [-0.15, -0.1) is 0 Å². The molecule has 88 valence electrons. The number of benzene rings is 1. The lowest BCUT2D eigenvalue weighted by Gasteiger charge is -2.20. The van der Waals surface area contributed by atoms with Crippen LogP contribution < -0.4 is 10.6 Å². The largest absolute Gasteiger partial charge is 0.371 e. The van der Waals surface area contributed by atoms with Gasteiger partial charge in [0.05, 0.1) is 0 Å². The summed E-state index contributed by atoms with van der Waals surface area (Å²) >= 11 is 0. The lowest BCUT2D eigenvalue weighted by Crippen LogP contribution is -2.19. The van der Waals surface area contributed by atoms with E-state index in [1.807, 2.05) is 0 Å². The highest BCUT2D eigenvalue weighted by atomic mass is 15.1. The van der Waals surface area contributed by atoms with Crippen molar-refractivity contribution in [3.63, 3.8) is 0 Å². The molecule has 0 aromatic heterocycles. The molecule has 2 N–H and O–H groups in total. The van der Waals surface area contributed by atoms with Gasteiger partial charge in [0.2, 0.25) is 0 Å². The van der Waals surface area contributed by atoms with E-state index in [-0.39, 0.29) is 0 Å². The van der Waals surface area contributed by atoms with Gasteiger partial charge in [0.1, 0.15) is 0 Å². The smallest absolute Gasteiger partial charge is 0.0369 e. The maximum atomic E-state index is 5.68. The van der Waals surface area contributed by atoms with Gasteiger partial charge in [-0.1, -0.05) is 19.4 Å². The van der Waals surface area contributed by atoms with Crippen molar-refractivity contribution in [2.45, 2.75) is 33.2 Å². The third-order valence-corrected chi connectivity index (χ3v) is 3.77. The second-order valence-corrected chi connectivity index (χ2v) is 4.82. The fourth-order valence-corrected chi connectivity index (χ4v) is 2.51. The molecular weight excluding hydrogens is 196 g/mol. The predicted molar refractivity (Wildman–Crippen MR) is 69.7 cm³/mol. The minimum Gasteiger partial charge on any atom is -0.371 e.